The maximum absolute atomic E-state index is 11.7. The van der Waals surface area contributed by atoms with Gasteiger partial charge in [0.2, 0.25) is 0 Å². The zero-order chi connectivity index (χ0) is 19.6. The summed E-state index contributed by atoms with van der Waals surface area (Å²) in [6, 6.07) is 15.5. The van der Waals surface area contributed by atoms with Crippen LogP contribution in [0, 0.1) is 0 Å². The van der Waals surface area contributed by atoms with E-state index < -0.39 is 12.0 Å². The lowest BCUT2D eigenvalue weighted by molar-refractivity contribution is 0.0996. The SMILES string of the molecule is C=CCOc1ccc(C(O)CNC(C)CCc2ccccc2)cc1C(N)=O. The molecule has 0 heterocycles. The first kappa shape index (κ1) is 20.7. The predicted molar refractivity (Wildman–Crippen MR) is 108 cm³/mol. The zero-order valence-electron chi connectivity index (χ0n) is 15.7. The lowest BCUT2D eigenvalue weighted by Gasteiger charge is -2.18. The van der Waals surface area contributed by atoms with Crippen molar-refractivity contribution in [1.82, 2.24) is 5.32 Å². The molecule has 2 atom stereocenters. The molecular formula is C22H28N2O3. The zero-order valence-corrected chi connectivity index (χ0v) is 15.7. The van der Waals surface area contributed by atoms with Gasteiger partial charge in [0.1, 0.15) is 12.4 Å². The Hall–Kier alpha value is -2.63. The number of nitrogens with one attached hydrogen (secondary N) is 1. The molecule has 5 nitrogen and oxygen atoms in total. The van der Waals surface area contributed by atoms with E-state index in [9.17, 15) is 9.90 Å². The molecule has 4 N–H and O–H groups in total. The van der Waals surface area contributed by atoms with Gasteiger partial charge in [0.15, 0.2) is 0 Å². The third-order valence-corrected chi connectivity index (χ3v) is 4.38. The quantitative estimate of drug-likeness (QED) is 0.532. The summed E-state index contributed by atoms with van der Waals surface area (Å²) < 4.78 is 5.44. The third kappa shape index (κ3) is 6.55. The van der Waals surface area contributed by atoms with E-state index in [1.54, 1.807) is 24.3 Å². The van der Waals surface area contributed by atoms with Crippen molar-refractivity contribution >= 4 is 5.91 Å². The van der Waals surface area contributed by atoms with Crippen LogP contribution in [0.3, 0.4) is 0 Å². The topological polar surface area (TPSA) is 84.6 Å². The number of carbonyl (C=O) groups is 1. The molecule has 0 aliphatic rings. The van der Waals surface area contributed by atoms with Crippen molar-refractivity contribution in [2.45, 2.75) is 31.9 Å². The number of hydrogen-bond acceptors (Lipinski definition) is 4. The van der Waals surface area contributed by atoms with Crippen LogP contribution in [0.15, 0.2) is 61.2 Å². The van der Waals surface area contributed by atoms with E-state index in [-0.39, 0.29) is 18.2 Å². The van der Waals surface area contributed by atoms with Crippen LogP contribution in [0.25, 0.3) is 0 Å². The van der Waals surface area contributed by atoms with E-state index in [1.165, 1.54) is 5.56 Å². The van der Waals surface area contributed by atoms with E-state index in [4.69, 9.17) is 10.5 Å². The maximum atomic E-state index is 11.7. The van der Waals surface area contributed by atoms with Crippen molar-refractivity contribution in [3.05, 3.63) is 77.9 Å². The standard InChI is InChI=1S/C22H28N2O3/c1-3-13-27-21-12-11-18(14-19(21)22(23)26)20(25)15-24-16(2)9-10-17-7-5-4-6-8-17/h3-8,11-12,14,16,20,24-25H,1,9-10,13,15H2,2H3,(H2,23,26). The molecule has 1 amide bonds. The fourth-order valence-corrected chi connectivity index (χ4v) is 2.78. The first-order valence-corrected chi connectivity index (χ1v) is 9.14. The Kier molecular flexibility index (Phi) is 8.04. The molecule has 0 aliphatic carbocycles. The van der Waals surface area contributed by atoms with Gasteiger partial charge in [-0.2, -0.15) is 0 Å². The minimum atomic E-state index is -0.740. The van der Waals surface area contributed by atoms with Crippen molar-refractivity contribution in [3.63, 3.8) is 0 Å². The summed E-state index contributed by atoms with van der Waals surface area (Å²) in [5.74, 6) is -0.199. The Bertz CT molecular complexity index is 746. The monoisotopic (exact) mass is 368 g/mol. The number of nitrogens with two attached hydrogens (primary N) is 1. The molecule has 0 spiro atoms. The van der Waals surface area contributed by atoms with Crippen LogP contribution in [0.5, 0.6) is 5.75 Å². The van der Waals surface area contributed by atoms with Crippen LogP contribution in [0.2, 0.25) is 0 Å². The van der Waals surface area contributed by atoms with Crippen LogP contribution in [0.4, 0.5) is 0 Å². The van der Waals surface area contributed by atoms with Gasteiger partial charge in [0, 0.05) is 12.6 Å². The predicted octanol–water partition coefficient (Wildman–Crippen LogP) is 2.99. The Morgan fingerprint density at radius 3 is 2.70 bits per heavy atom. The highest BCUT2D eigenvalue weighted by Crippen LogP contribution is 2.23. The van der Waals surface area contributed by atoms with Crippen LogP contribution in [-0.2, 0) is 6.42 Å². The molecule has 2 rings (SSSR count). The lowest BCUT2D eigenvalue weighted by Crippen LogP contribution is -2.31. The fourth-order valence-electron chi connectivity index (χ4n) is 2.78. The molecule has 0 fully saturated rings. The van der Waals surface area contributed by atoms with Crippen LogP contribution in [-0.4, -0.2) is 30.2 Å². The first-order valence-electron chi connectivity index (χ1n) is 9.14. The third-order valence-electron chi connectivity index (χ3n) is 4.38. The van der Waals surface area contributed by atoms with Crippen LogP contribution < -0.4 is 15.8 Å². The molecule has 0 bridgehead atoms. The molecule has 2 aromatic rings. The summed E-state index contributed by atoms with van der Waals surface area (Å²) >= 11 is 0. The van der Waals surface area contributed by atoms with Gasteiger partial charge in [-0.25, -0.2) is 0 Å². The molecule has 2 unspecified atom stereocenters. The Morgan fingerprint density at radius 2 is 2.04 bits per heavy atom. The summed E-state index contributed by atoms with van der Waals surface area (Å²) in [6.45, 7) is 6.35. The van der Waals surface area contributed by atoms with Crippen molar-refractivity contribution < 1.29 is 14.6 Å². The van der Waals surface area contributed by atoms with Gasteiger partial charge < -0.3 is 20.9 Å². The van der Waals surface area contributed by atoms with Gasteiger partial charge in [-0.1, -0.05) is 49.1 Å². The summed E-state index contributed by atoms with van der Waals surface area (Å²) in [4.78, 5) is 11.7. The first-order chi connectivity index (χ1) is 13.0. The highest BCUT2D eigenvalue weighted by molar-refractivity contribution is 5.95. The van der Waals surface area contributed by atoms with Gasteiger partial charge in [-0.3, -0.25) is 4.79 Å². The molecule has 5 heteroatoms. The van der Waals surface area contributed by atoms with Crippen LogP contribution in [0.1, 0.15) is 40.9 Å². The van der Waals surface area contributed by atoms with E-state index >= 15 is 0 Å². The van der Waals surface area contributed by atoms with E-state index in [0.29, 0.717) is 17.9 Å². The molecule has 0 aliphatic heterocycles. The second-order valence-corrected chi connectivity index (χ2v) is 6.57. The van der Waals surface area contributed by atoms with Crippen molar-refractivity contribution in [2.75, 3.05) is 13.2 Å². The molecule has 0 radical (unpaired) electrons. The molecule has 0 aromatic heterocycles. The summed E-state index contributed by atoms with van der Waals surface area (Å²) in [5, 5.41) is 13.8. The Morgan fingerprint density at radius 1 is 1.30 bits per heavy atom. The van der Waals surface area contributed by atoms with Gasteiger partial charge in [-0.15, -0.1) is 0 Å². The van der Waals surface area contributed by atoms with E-state index in [0.717, 1.165) is 12.8 Å². The molecule has 0 saturated carbocycles. The number of amides is 1. The van der Waals surface area contributed by atoms with Gasteiger partial charge >= 0.3 is 0 Å². The maximum Gasteiger partial charge on any atom is 0.252 e. The number of rotatable bonds is 11. The van der Waals surface area contributed by atoms with Crippen molar-refractivity contribution in [1.29, 1.82) is 0 Å². The van der Waals surface area contributed by atoms with Crippen molar-refractivity contribution in [3.8, 4) is 5.75 Å². The molecule has 144 valence electrons. The van der Waals surface area contributed by atoms with E-state index in [2.05, 4.69) is 31.0 Å². The number of benzene rings is 2. The smallest absolute Gasteiger partial charge is 0.252 e. The van der Waals surface area contributed by atoms with Crippen molar-refractivity contribution in [2.24, 2.45) is 5.73 Å². The number of aryl methyl sites for hydroxylation is 1. The number of ether oxygens (including phenoxy) is 1. The second kappa shape index (κ2) is 10.5. The summed E-state index contributed by atoms with van der Waals surface area (Å²) in [7, 11) is 0. The second-order valence-electron chi connectivity index (χ2n) is 6.57. The Labute approximate surface area is 160 Å². The number of carbonyl (C=O) groups excluding carboxylic acids is 1. The lowest BCUT2D eigenvalue weighted by atomic mass is 10.0. The summed E-state index contributed by atoms with van der Waals surface area (Å²) in [5.41, 5.74) is 7.61. The fraction of sp³-hybridized carbons (Fsp3) is 0.318. The van der Waals surface area contributed by atoms with Gasteiger partial charge in [0.05, 0.1) is 11.7 Å². The number of aliphatic hydroxyl groups is 1. The van der Waals surface area contributed by atoms with Crippen LogP contribution >= 0.6 is 0 Å². The molecule has 2 aromatic carbocycles. The highest BCUT2D eigenvalue weighted by Gasteiger charge is 2.15. The number of aliphatic hydroxyl groups excluding tert-OH is 1. The number of hydrogen-bond donors (Lipinski definition) is 3. The van der Waals surface area contributed by atoms with Gasteiger partial charge in [0.25, 0.3) is 5.91 Å². The van der Waals surface area contributed by atoms with Gasteiger partial charge in [-0.05, 0) is 43.0 Å². The minimum absolute atomic E-state index is 0.255. The molecule has 27 heavy (non-hydrogen) atoms. The minimum Gasteiger partial charge on any atom is -0.489 e. The average Bonchev–Trinajstić information content (AvgIpc) is 2.69. The normalized spacial score (nSPS) is 13.0. The van der Waals surface area contributed by atoms with E-state index in [1.807, 2.05) is 18.2 Å². The highest BCUT2D eigenvalue weighted by atomic mass is 16.5. The molecule has 0 saturated heterocycles. The summed E-state index contributed by atoms with van der Waals surface area (Å²) in [6.07, 6.45) is 2.80. The largest absolute Gasteiger partial charge is 0.489 e. The average molecular weight is 368 g/mol. The Balaban J connectivity index is 1.90. The number of primary amides is 1. The molecular weight excluding hydrogens is 340 g/mol.